The van der Waals surface area contributed by atoms with Crippen LogP contribution < -0.4 is 10.6 Å². The third-order valence-electron chi connectivity index (χ3n) is 3.31. The molecule has 0 aliphatic heterocycles. The summed E-state index contributed by atoms with van der Waals surface area (Å²) in [5.74, 6) is -2.03. The number of hydrogen-bond donors (Lipinski definition) is 3. The molecular formula is C17H23FN2O4. The molecule has 0 heterocycles. The Balaban J connectivity index is 2.31. The first-order valence-electron chi connectivity index (χ1n) is 7.85. The molecular weight excluding hydrogens is 315 g/mol. The summed E-state index contributed by atoms with van der Waals surface area (Å²) in [6.07, 6.45) is 0.862. The molecule has 0 saturated carbocycles. The molecule has 0 spiro atoms. The Kier molecular flexibility index (Phi) is 7.88. The molecule has 0 bridgehead atoms. The Bertz CT molecular complexity index is 572. The average Bonchev–Trinajstić information content (AvgIpc) is 2.50. The van der Waals surface area contributed by atoms with E-state index in [0.29, 0.717) is 18.4 Å². The van der Waals surface area contributed by atoms with Crippen molar-refractivity contribution in [2.75, 3.05) is 6.54 Å². The molecule has 1 unspecified atom stereocenters. The van der Waals surface area contributed by atoms with Gasteiger partial charge in [-0.3, -0.25) is 9.59 Å². The highest BCUT2D eigenvalue weighted by molar-refractivity contribution is 5.94. The lowest BCUT2D eigenvalue weighted by atomic mass is 10.0. The van der Waals surface area contributed by atoms with Gasteiger partial charge in [-0.05, 0) is 43.0 Å². The minimum absolute atomic E-state index is 0.117. The molecule has 0 aromatic heterocycles. The van der Waals surface area contributed by atoms with E-state index in [4.69, 9.17) is 5.11 Å². The largest absolute Gasteiger partial charge is 0.480 e. The number of rotatable bonds is 9. The second kappa shape index (κ2) is 9.64. The standard InChI is InChI=1S/C17H23FN2O4/c1-11(2)10-14(17(23)24)20-15(21)4-3-9-19-16(22)12-5-7-13(18)8-6-12/h5-8,11,14H,3-4,9-10H2,1-2H3,(H,19,22)(H,20,21)(H,23,24). The van der Waals surface area contributed by atoms with Crippen LogP contribution in [0, 0.1) is 11.7 Å². The Labute approximate surface area is 140 Å². The van der Waals surface area contributed by atoms with E-state index in [1.165, 1.54) is 24.3 Å². The minimum Gasteiger partial charge on any atom is -0.480 e. The second-order valence-electron chi connectivity index (χ2n) is 5.95. The zero-order valence-electron chi connectivity index (χ0n) is 13.8. The maximum Gasteiger partial charge on any atom is 0.326 e. The van der Waals surface area contributed by atoms with Crippen molar-refractivity contribution in [1.82, 2.24) is 10.6 Å². The summed E-state index contributed by atoms with van der Waals surface area (Å²) in [7, 11) is 0. The van der Waals surface area contributed by atoms with Gasteiger partial charge in [0.15, 0.2) is 0 Å². The van der Waals surface area contributed by atoms with Crippen LogP contribution in [0.25, 0.3) is 0 Å². The highest BCUT2D eigenvalue weighted by Gasteiger charge is 2.20. The predicted molar refractivity (Wildman–Crippen MR) is 87.0 cm³/mol. The number of carboxylic acids is 1. The van der Waals surface area contributed by atoms with E-state index in [1.807, 2.05) is 13.8 Å². The molecule has 1 aromatic rings. The van der Waals surface area contributed by atoms with Gasteiger partial charge in [-0.25, -0.2) is 9.18 Å². The fourth-order valence-corrected chi connectivity index (χ4v) is 2.11. The van der Waals surface area contributed by atoms with Crippen LogP contribution in [0.2, 0.25) is 0 Å². The van der Waals surface area contributed by atoms with Gasteiger partial charge in [-0.1, -0.05) is 13.8 Å². The van der Waals surface area contributed by atoms with Crippen LogP contribution in [-0.4, -0.2) is 35.5 Å². The molecule has 0 fully saturated rings. The normalized spacial score (nSPS) is 11.8. The quantitative estimate of drug-likeness (QED) is 0.600. The Hall–Kier alpha value is -2.44. The van der Waals surface area contributed by atoms with Gasteiger partial charge in [0.25, 0.3) is 5.91 Å². The fourth-order valence-electron chi connectivity index (χ4n) is 2.11. The highest BCUT2D eigenvalue weighted by atomic mass is 19.1. The average molecular weight is 338 g/mol. The summed E-state index contributed by atoms with van der Waals surface area (Å²) in [4.78, 5) is 34.6. The molecule has 1 aromatic carbocycles. The lowest BCUT2D eigenvalue weighted by Gasteiger charge is -2.16. The molecule has 0 aliphatic carbocycles. The molecule has 24 heavy (non-hydrogen) atoms. The summed E-state index contributed by atoms with van der Waals surface area (Å²) in [6, 6.07) is 4.25. The van der Waals surface area contributed by atoms with Crippen molar-refractivity contribution in [1.29, 1.82) is 0 Å². The third-order valence-corrected chi connectivity index (χ3v) is 3.31. The Morgan fingerprint density at radius 3 is 2.33 bits per heavy atom. The van der Waals surface area contributed by atoms with Crippen molar-refractivity contribution in [3.8, 4) is 0 Å². The van der Waals surface area contributed by atoms with E-state index in [2.05, 4.69) is 10.6 Å². The van der Waals surface area contributed by atoms with E-state index in [-0.39, 0.29) is 30.7 Å². The number of benzene rings is 1. The Morgan fingerprint density at radius 1 is 1.17 bits per heavy atom. The molecule has 7 heteroatoms. The Morgan fingerprint density at radius 2 is 1.79 bits per heavy atom. The second-order valence-corrected chi connectivity index (χ2v) is 5.95. The van der Waals surface area contributed by atoms with Gasteiger partial charge in [0, 0.05) is 18.5 Å². The van der Waals surface area contributed by atoms with Crippen LogP contribution in [0.3, 0.4) is 0 Å². The number of hydrogen-bond acceptors (Lipinski definition) is 3. The first-order valence-corrected chi connectivity index (χ1v) is 7.85. The van der Waals surface area contributed by atoms with Crippen molar-refractivity contribution in [2.24, 2.45) is 5.92 Å². The summed E-state index contributed by atoms with van der Waals surface area (Å²) in [5.41, 5.74) is 0.337. The first-order chi connectivity index (χ1) is 11.3. The van der Waals surface area contributed by atoms with Crippen LogP contribution >= 0.6 is 0 Å². The van der Waals surface area contributed by atoms with Crippen molar-refractivity contribution < 1.29 is 23.9 Å². The molecule has 3 N–H and O–H groups in total. The van der Waals surface area contributed by atoms with E-state index < -0.39 is 17.8 Å². The summed E-state index contributed by atoms with van der Waals surface area (Å²) in [6.45, 7) is 4.03. The van der Waals surface area contributed by atoms with Crippen LogP contribution in [-0.2, 0) is 9.59 Å². The maximum absolute atomic E-state index is 12.8. The third kappa shape index (κ3) is 7.21. The summed E-state index contributed by atoms with van der Waals surface area (Å²) in [5, 5.41) is 14.2. The molecule has 132 valence electrons. The number of carbonyl (C=O) groups is 3. The highest BCUT2D eigenvalue weighted by Crippen LogP contribution is 2.06. The molecule has 1 atom stereocenters. The van der Waals surface area contributed by atoms with Gasteiger partial charge in [0.1, 0.15) is 11.9 Å². The number of nitrogens with one attached hydrogen (secondary N) is 2. The maximum atomic E-state index is 12.8. The van der Waals surface area contributed by atoms with Gasteiger partial charge in [-0.2, -0.15) is 0 Å². The molecule has 0 radical (unpaired) electrons. The number of aliphatic carboxylic acids is 1. The number of amides is 2. The van der Waals surface area contributed by atoms with E-state index in [9.17, 15) is 18.8 Å². The van der Waals surface area contributed by atoms with Gasteiger partial charge < -0.3 is 15.7 Å². The van der Waals surface area contributed by atoms with Crippen LogP contribution in [0.15, 0.2) is 24.3 Å². The van der Waals surface area contributed by atoms with Crippen LogP contribution in [0.5, 0.6) is 0 Å². The number of halogens is 1. The first kappa shape index (κ1) is 19.6. The number of carboxylic acid groups (broad SMARTS) is 1. The van der Waals surface area contributed by atoms with Gasteiger partial charge in [0.2, 0.25) is 5.91 Å². The van der Waals surface area contributed by atoms with E-state index in [1.54, 1.807) is 0 Å². The lowest BCUT2D eigenvalue weighted by molar-refractivity contribution is -0.142. The topological polar surface area (TPSA) is 95.5 Å². The van der Waals surface area contributed by atoms with Crippen molar-refractivity contribution in [2.45, 2.75) is 39.2 Å². The minimum atomic E-state index is -1.05. The smallest absolute Gasteiger partial charge is 0.326 e. The van der Waals surface area contributed by atoms with Gasteiger partial charge in [0.05, 0.1) is 0 Å². The van der Waals surface area contributed by atoms with Crippen LogP contribution in [0.1, 0.15) is 43.5 Å². The molecule has 0 saturated heterocycles. The van der Waals surface area contributed by atoms with Crippen molar-refractivity contribution in [3.05, 3.63) is 35.6 Å². The van der Waals surface area contributed by atoms with Gasteiger partial charge >= 0.3 is 5.97 Å². The number of carbonyl (C=O) groups excluding carboxylic acids is 2. The summed E-state index contributed by atoms with van der Waals surface area (Å²) < 4.78 is 12.8. The molecule has 0 aliphatic rings. The zero-order valence-corrected chi connectivity index (χ0v) is 13.8. The zero-order chi connectivity index (χ0) is 18.1. The van der Waals surface area contributed by atoms with E-state index >= 15 is 0 Å². The summed E-state index contributed by atoms with van der Waals surface area (Å²) >= 11 is 0. The van der Waals surface area contributed by atoms with Gasteiger partial charge in [-0.15, -0.1) is 0 Å². The monoisotopic (exact) mass is 338 g/mol. The SMILES string of the molecule is CC(C)CC(NC(=O)CCCNC(=O)c1ccc(F)cc1)C(=O)O. The molecule has 2 amide bonds. The van der Waals surface area contributed by atoms with E-state index in [0.717, 1.165) is 0 Å². The molecule has 1 rings (SSSR count). The lowest BCUT2D eigenvalue weighted by Crippen LogP contribution is -2.41. The predicted octanol–water partition coefficient (Wildman–Crippen LogP) is 1.95. The van der Waals surface area contributed by atoms with Crippen molar-refractivity contribution >= 4 is 17.8 Å². The molecule has 6 nitrogen and oxygen atoms in total. The van der Waals surface area contributed by atoms with Crippen molar-refractivity contribution in [3.63, 3.8) is 0 Å². The van der Waals surface area contributed by atoms with Crippen LogP contribution in [0.4, 0.5) is 4.39 Å². The fraction of sp³-hybridized carbons (Fsp3) is 0.471.